The lowest BCUT2D eigenvalue weighted by Crippen LogP contribution is -2.68. The van der Waals surface area contributed by atoms with E-state index in [1.165, 1.54) is 0 Å². The highest BCUT2D eigenvalue weighted by molar-refractivity contribution is 5.96. The number of nitrogens with zero attached hydrogens (tertiary/aromatic N) is 2. The first-order valence-electron chi connectivity index (χ1n) is 9.90. The Bertz CT molecular complexity index is 827. The first-order chi connectivity index (χ1) is 13.2. The van der Waals surface area contributed by atoms with Crippen LogP contribution in [-0.4, -0.2) is 40.9 Å². The Morgan fingerprint density at radius 1 is 0.964 bits per heavy atom. The summed E-state index contributed by atoms with van der Waals surface area (Å²) >= 11 is 0. The zero-order valence-corrected chi connectivity index (χ0v) is 17.4. The van der Waals surface area contributed by atoms with Crippen LogP contribution in [0, 0.1) is 11.3 Å². The van der Waals surface area contributed by atoms with Gasteiger partial charge in [0.2, 0.25) is 5.91 Å². The summed E-state index contributed by atoms with van der Waals surface area (Å²) in [4.78, 5) is 30.5. The third-order valence-electron chi connectivity index (χ3n) is 5.64. The van der Waals surface area contributed by atoms with E-state index in [2.05, 4.69) is 20.8 Å². The van der Waals surface area contributed by atoms with E-state index in [0.717, 1.165) is 5.56 Å². The van der Waals surface area contributed by atoms with Gasteiger partial charge in [-0.05, 0) is 31.0 Å². The van der Waals surface area contributed by atoms with Gasteiger partial charge >= 0.3 is 0 Å². The Kier molecular flexibility index (Phi) is 5.59. The molecule has 0 aromatic heterocycles. The molecule has 4 nitrogen and oxygen atoms in total. The van der Waals surface area contributed by atoms with Gasteiger partial charge in [-0.3, -0.25) is 9.59 Å². The highest BCUT2D eigenvalue weighted by atomic mass is 16.2. The number of carbonyl (C=O) groups is 2. The maximum absolute atomic E-state index is 13.5. The fourth-order valence-electron chi connectivity index (χ4n) is 4.34. The van der Waals surface area contributed by atoms with E-state index in [9.17, 15) is 9.59 Å². The second-order valence-electron chi connectivity index (χ2n) is 8.80. The van der Waals surface area contributed by atoms with Crippen LogP contribution in [0.25, 0.3) is 0 Å². The maximum atomic E-state index is 13.5. The van der Waals surface area contributed by atoms with Crippen LogP contribution in [0.1, 0.15) is 43.6 Å². The first-order valence-corrected chi connectivity index (χ1v) is 9.90. The molecule has 1 fully saturated rings. The molecular weight excluding hydrogens is 348 g/mol. The zero-order chi connectivity index (χ0) is 20.5. The molecule has 0 N–H and O–H groups in total. The summed E-state index contributed by atoms with van der Waals surface area (Å²) in [5, 5.41) is 0. The second-order valence-corrected chi connectivity index (χ2v) is 8.80. The molecule has 3 rings (SSSR count). The predicted octanol–water partition coefficient (Wildman–Crippen LogP) is 4.22. The van der Waals surface area contributed by atoms with Crippen molar-refractivity contribution in [1.29, 1.82) is 0 Å². The first kappa shape index (κ1) is 20.1. The molecule has 0 bridgehead atoms. The largest absolute Gasteiger partial charge is 0.324 e. The summed E-state index contributed by atoms with van der Waals surface area (Å²) in [6, 6.07) is 19.2. The molecule has 0 spiro atoms. The predicted molar refractivity (Wildman–Crippen MR) is 112 cm³/mol. The Morgan fingerprint density at radius 2 is 1.50 bits per heavy atom. The normalized spacial score (nSPS) is 23.0. The molecule has 148 valence electrons. The summed E-state index contributed by atoms with van der Waals surface area (Å²) in [5.41, 5.74) is 1.51. The van der Waals surface area contributed by atoms with E-state index < -0.39 is 0 Å². The number of carbonyl (C=O) groups excluding carboxylic acids is 2. The average Bonchev–Trinajstić information content (AvgIpc) is 2.68. The lowest BCUT2D eigenvalue weighted by Gasteiger charge is -2.54. The van der Waals surface area contributed by atoms with E-state index in [1.807, 2.05) is 79.5 Å². The Morgan fingerprint density at radius 3 is 2.04 bits per heavy atom. The monoisotopic (exact) mass is 378 g/mol. The smallest absolute Gasteiger partial charge is 0.255 e. The summed E-state index contributed by atoms with van der Waals surface area (Å²) in [6.45, 7) is 8.25. The van der Waals surface area contributed by atoms with Gasteiger partial charge in [-0.25, -0.2) is 0 Å². The minimum atomic E-state index is -0.297. The molecule has 4 heteroatoms. The van der Waals surface area contributed by atoms with Gasteiger partial charge in [0.15, 0.2) is 0 Å². The minimum absolute atomic E-state index is 0.0227. The maximum Gasteiger partial charge on any atom is 0.255 e. The number of amides is 2. The van der Waals surface area contributed by atoms with E-state index in [1.54, 1.807) is 4.90 Å². The van der Waals surface area contributed by atoms with Gasteiger partial charge in [0.1, 0.15) is 6.17 Å². The molecule has 0 saturated carbocycles. The molecule has 2 aromatic rings. The standard InChI is InChI=1S/C24H30N2O2/c1-17-20(16-18-12-8-6-9-13-18)22(28)25(5)23(24(2,3)4)26(17)21(27)19-14-10-7-11-15-19/h6-15,17,20,23H,16H2,1-5H3/t17-,20-,23+/m0/s1. The van der Waals surface area contributed by atoms with Gasteiger partial charge in [0.05, 0.1) is 5.92 Å². The minimum Gasteiger partial charge on any atom is -0.324 e. The molecule has 2 aromatic carbocycles. The third kappa shape index (κ3) is 3.82. The van der Waals surface area contributed by atoms with E-state index in [-0.39, 0.29) is 35.4 Å². The van der Waals surface area contributed by atoms with E-state index in [4.69, 9.17) is 0 Å². The lowest BCUT2D eigenvalue weighted by atomic mass is 9.81. The topological polar surface area (TPSA) is 40.6 Å². The van der Waals surface area contributed by atoms with Crippen molar-refractivity contribution in [2.45, 2.75) is 46.3 Å². The summed E-state index contributed by atoms with van der Waals surface area (Å²) < 4.78 is 0. The Hall–Kier alpha value is -2.62. The van der Waals surface area contributed by atoms with Gasteiger partial charge in [-0.1, -0.05) is 69.3 Å². The van der Waals surface area contributed by atoms with Gasteiger partial charge in [-0.15, -0.1) is 0 Å². The highest BCUT2D eigenvalue weighted by Gasteiger charge is 2.49. The highest BCUT2D eigenvalue weighted by Crippen LogP contribution is 2.37. The van der Waals surface area contributed by atoms with Crippen LogP contribution in [-0.2, 0) is 11.2 Å². The lowest BCUT2D eigenvalue weighted by molar-refractivity contribution is -0.157. The van der Waals surface area contributed by atoms with Crippen LogP contribution < -0.4 is 0 Å². The fourth-order valence-corrected chi connectivity index (χ4v) is 4.34. The van der Waals surface area contributed by atoms with Gasteiger partial charge in [-0.2, -0.15) is 0 Å². The third-order valence-corrected chi connectivity index (χ3v) is 5.64. The molecule has 3 atom stereocenters. The molecule has 1 aliphatic heterocycles. The molecule has 1 saturated heterocycles. The Balaban J connectivity index is 2.01. The molecule has 1 heterocycles. The van der Waals surface area contributed by atoms with Crippen LogP contribution in [0.5, 0.6) is 0 Å². The number of hydrogen-bond acceptors (Lipinski definition) is 2. The van der Waals surface area contributed by atoms with Crippen LogP contribution in [0.4, 0.5) is 0 Å². The van der Waals surface area contributed by atoms with Gasteiger partial charge in [0.25, 0.3) is 5.91 Å². The number of rotatable bonds is 3. The fraction of sp³-hybridized carbons (Fsp3) is 0.417. The average molecular weight is 379 g/mol. The Labute approximate surface area is 168 Å². The van der Waals surface area contributed by atoms with Crippen molar-refractivity contribution in [3.05, 3.63) is 71.8 Å². The van der Waals surface area contributed by atoms with Crippen molar-refractivity contribution in [3.8, 4) is 0 Å². The number of benzene rings is 2. The molecule has 2 amide bonds. The molecule has 0 aliphatic carbocycles. The molecular formula is C24H30N2O2. The quantitative estimate of drug-likeness (QED) is 0.802. The van der Waals surface area contributed by atoms with Crippen LogP contribution in [0.3, 0.4) is 0 Å². The summed E-state index contributed by atoms with van der Waals surface area (Å²) in [7, 11) is 1.83. The summed E-state index contributed by atoms with van der Waals surface area (Å²) in [5.74, 6) is -0.183. The van der Waals surface area contributed by atoms with Gasteiger partial charge < -0.3 is 9.80 Å². The van der Waals surface area contributed by atoms with E-state index in [0.29, 0.717) is 12.0 Å². The molecule has 28 heavy (non-hydrogen) atoms. The summed E-state index contributed by atoms with van der Waals surface area (Å²) in [6.07, 6.45) is 0.329. The van der Waals surface area contributed by atoms with Crippen molar-refractivity contribution in [2.75, 3.05) is 7.05 Å². The van der Waals surface area contributed by atoms with Crippen molar-refractivity contribution in [2.24, 2.45) is 11.3 Å². The second kappa shape index (κ2) is 7.78. The van der Waals surface area contributed by atoms with E-state index >= 15 is 0 Å². The number of hydrogen-bond donors (Lipinski definition) is 0. The van der Waals surface area contributed by atoms with Crippen molar-refractivity contribution in [3.63, 3.8) is 0 Å². The van der Waals surface area contributed by atoms with Crippen LogP contribution >= 0.6 is 0 Å². The molecule has 0 radical (unpaired) electrons. The zero-order valence-electron chi connectivity index (χ0n) is 17.4. The van der Waals surface area contributed by atoms with Crippen LogP contribution in [0.15, 0.2) is 60.7 Å². The van der Waals surface area contributed by atoms with Gasteiger partial charge in [0, 0.05) is 24.1 Å². The van der Waals surface area contributed by atoms with Crippen molar-refractivity contribution < 1.29 is 9.59 Å². The van der Waals surface area contributed by atoms with Crippen molar-refractivity contribution in [1.82, 2.24) is 9.80 Å². The van der Waals surface area contributed by atoms with Crippen LogP contribution in [0.2, 0.25) is 0 Å². The molecule has 0 unspecified atom stereocenters. The SMILES string of the molecule is C[C@H]1[C@H](Cc2ccccc2)C(=O)N(C)[C@@H](C(C)(C)C)N1C(=O)c1ccccc1. The molecule has 1 aliphatic rings. The van der Waals surface area contributed by atoms with Crippen molar-refractivity contribution >= 4 is 11.8 Å².